The fourth-order valence-electron chi connectivity index (χ4n) is 2.91. The van der Waals surface area contributed by atoms with Crippen molar-refractivity contribution < 1.29 is 5.11 Å². The van der Waals surface area contributed by atoms with E-state index in [2.05, 4.69) is 0 Å². The van der Waals surface area contributed by atoms with Crippen molar-refractivity contribution in [1.82, 2.24) is 0 Å². The van der Waals surface area contributed by atoms with Crippen LogP contribution in [-0.2, 0) is 0 Å². The smallest absolute Gasteiger partial charge is 0.0595 e. The molecule has 2 rings (SSSR count). The van der Waals surface area contributed by atoms with E-state index in [0.29, 0.717) is 16.6 Å². The Bertz CT molecular complexity index is 411. The Kier molecular flexibility index (Phi) is 4.91. The van der Waals surface area contributed by atoms with Gasteiger partial charge in [-0.05, 0) is 43.0 Å². The molecule has 3 N–H and O–H groups in total. The van der Waals surface area contributed by atoms with Crippen LogP contribution in [0, 0.1) is 5.92 Å². The maximum atomic E-state index is 10.1. The fraction of sp³-hybridized carbons (Fsp3) is 0.571. The Morgan fingerprint density at radius 3 is 2.56 bits per heavy atom. The van der Waals surface area contributed by atoms with Crippen molar-refractivity contribution >= 4 is 23.2 Å². The van der Waals surface area contributed by atoms with Crippen molar-refractivity contribution in [2.24, 2.45) is 11.7 Å². The van der Waals surface area contributed by atoms with E-state index in [0.717, 1.165) is 24.8 Å². The van der Waals surface area contributed by atoms with Crippen molar-refractivity contribution in [3.05, 3.63) is 33.8 Å². The first-order chi connectivity index (χ1) is 8.63. The second kappa shape index (κ2) is 6.25. The molecule has 4 heteroatoms. The van der Waals surface area contributed by atoms with E-state index in [-0.39, 0.29) is 17.9 Å². The maximum absolute atomic E-state index is 10.1. The summed E-state index contributed by atoms with van der Waals surface area (Å²) in [6, 6.07) is 5.65. The number of nitrogens with two attached hydrogens (primary N) is 1. The Labute approximate surface area is 118 Å². The third-order valence-corrected chi connectivity index (χ3v) is 4.66. The highest BCUT2D eigenvalue weighted by atomic mass is 35.5. The lowest BCUT2D eigenvalue weighted by molar-refractivity contribution is 0.0561. The lowest BCUT2D eigenvalue weighted by atomic mass is 9.75. The minimum Gasteiger partial charge on any atom is -0.393 e. The number of rotatable bonds is 3. The van der Waals surface area contributed by atoms with E-state index in [1.807, 2.05) is 12.1 Å². The van der Waals surface area contributed by atoms with Crippen molar-refractivity contribution in [2.45, 2.75) is 37.7 Å². The summed E-state index contributed by atoms with van der Waals surface area (Å²) in [5, 5.41) is 11.3. The van der Waals surface area contributed by atoms with Gasteiger partial charge in [0.1, 0.15) is 0 Å². The predicted molar refractivity (Wildman–Crippen MR) is 76.2 cm³/mol. The molecule has 1 aliphatic carbocycles. The van der Waals surface area contributed by atoms with Gasteiger partial charge in [0.05, 0.1) is 16.1 Å². The molecular weight excluding hydrogens is 269 g/mol. The van der Waals surface area contributed by atoms with Gasteiger partial charge in [-0.25, -0.2) is 0 Å². The number of benzene rings is 1. The molecule has 18 heavy (non-hydrogen) atoms. The number of aliphatic hydroxyl groups is 1. The lowest BCUT2D eigenvalue weighted by Gasteiger charge is -2.34. The molecule has 0 amide bonds. The van der Waals surface area contributed by atoms with E-state index in [4.69, 9.17) is 28.9 Å². The second-order valence-electron chi connectivity index (χ2n) is 5.03. The zero-order chi connectivity index (χ0) is 13.1. The van der Waals surface area contributed by atoms with Crippen molar-refractivity contribution in [3.8, 4) is 0 Å². The van der Waals surface area contributed by atoms with Crippen LogP contribution in [0.3, 0.4) is 0 Å². The summed E-state index contributed by atoms with van der Waals surface area (Å²) in [6.07, 6.45) is 3.93. The van der Waals surface area contributed by atoms with Gasteiger partial charge in [0.2, 0.25) is 0 Å². The molecule has 0 radical (unpaired) electrons. The molecule has 0 spiro atoms. The van der Waals surface area contributed by atoms with E-state index < -0.39 is 0 Å². The Balaban J connectivity index is 2.23. The molecule has 0 bridgehead atoms. The minimum absolute atomic E-state index is 0.162. The predicted octanol–water partition coefficient (Wildman–Crippen LogP) is 3.59. The highest BCUT2D eigenvalue weighted by Gasteiger charge is 2.30. The quantitative estimate of drug-likeness (QED) is 0.893. The molecule has 0 aromatic heterocycles. The monoisotopic (exact) mass is 287 g/mol. The SMILES string of the molecule is NC[C@@H](c1ccc(Cl)c(Cl)c1)[C@H]1CCCC[C@@H]1O. The summed E-state index contributed by atoms with van der Waals surface area (Å²) in [5.74, 6) is 0.399. The first-order valence-electron chi connectivity index (χ1n) is 6.46. The molecule has 3 atom stereocenters. The van der Waals surface area contributed by atoms with Crippen LogP contribution in [0.4, 0.5) is 0 Å². The minimum atomic E-state index is -0.248. The van der Waals surface area contributed by atoms with Crippen LogP contribution in [0.1, 0.15) is 37.2 Å². The third kappa shape index (κ3) is 3.00. The van der Waals surface area contributed by atoms with E-state index in [1.54, 1.807) is 6.07 Å². The van der Waals surface area contributed by atoms with Crippen LogP contribution in [0.25, 0.3) is 0 Å². The second-order valence-corrected chi connectivity index (χ2v) is 5.85. The summed E-state index contributed by atoms with van der Waals surface area (Å²) in [5.41, 5.74) is 6.98. The normalized spacial score (nSPS) is 26.0. The van der Waals surface area contributed by atoms with Gasteiger partial charge in [-0.2, -0.15) is 0 Å². The van der Waals surface area contributed by atoms with Crippen molar-refractivity contribution in [2.75, 3.05) is 6.54 Å². The Morgan fingerprint density at radius 1 is 1.22 bits per heavy atom. The molecule has 1 aromatic rings. The Morgan fingerprint density at radius 2 is 1.94 bits per heavy atom. The summed E-state index contributed by atoms with van der Waals surface area (Å²) < 4.78 is 0. The average molecular weight is 288 g/mol. The van der Waals surface area contributed by atoms with Gasteiger partial charge in [-0.1, -0.05) is 42.1 Å². The molecule has 1 fully saturated rings. The zero-order valence-electron chi connectivity index (χ0n) is 10.3. The van der Waals surface area contributed by atoms with Gasteiger partial charge < -0.3 is 10.8 Å². The number of hydrogen-bond acceptors (Lipinski definition) is 2. The van der Waals surface area contributed by atoms with Gasteiger partial charge in [-0.3, -0.25) is 0 Å². The van der Waals surface area contributed by atoms with Crippen LogP contribution in [0.5, 0.6) is 0 Å². The van der Waals surface area contributed by atoms with Crippen LogP contribution in [-0.4, -0.2) is 17.8 Å². The van der Waals surface area contributed by atoms with E-state index in [9.17, 15) is 5.11 Å². The summed E-state index contributed by atoms with van der Waals surface area (Å²) in [7, 11) is 0. The molecule has 2 nitrogen and oxygen atoms in total. The van der Waals surface area contributed by atoms with Gasteiger partial charge in [0.25, 0.3) is 0 Å². The fourth-order valence-corrected chi connectivity index (χ4v) is 3.22. The number of aliphatic hydroxyl groups excluding tert-OH is 1. The lowest BCUT2D eigenvalue weighted by Crippen LogP contribution is -2.33. The molecule has 1 aliphatic rings. The summed E-state index contributed by atoms with van der Waals surface area (Å²) in [6.45, 7) is 0.527. The van der Waals surface area contributed by atoms with Gasteiger partial charge in [0.15, 0.2) is 0 Å². The van der Waals surface area contributed by atoms with E-state index >= 15 is 0 Å². The van der Waals surface area contributed by atoms with Crippen LogP contribution >= 0.6 is 23.2 Å². The first kappa shape index (κ1) is 14.1. The van der Waals surface area contributed by atoms with Crippen LogP contribution in [0.2, 0.25) is 10.0 Å². The molecule has 0 saturated heterocycles. The Hall–Kier alpha value is -0.280. The molecule has 0 heterocycles. The number of hydrogen-bond donors (Lipinski definition) is 2. The largest absolute Gasteiger partial charge is 0.393 e. The first-order valence-corrected chi connectivity index (χ1v) is 7.22. The van der Waals surface area contributed by atoms with Crippen LogP contribution < -0.4 is 5.73 Å². The molecular formula is C14H19Cl2NO. The topological polar surface area (TPSA) is 46.2 Å². The zero-order valence-corrected chi connectivity index (χ0v) is 11.8. The molecule has 100 valence electrons. The highest BCUT2D eigenvalue weighted by molar-refractivity contribution is 6.42. The van der Waals surface area contributed by atoms with Crippen LogP contribution in [0.15, 0.2) is 18.2 Å². The third-order valence-electron chi connectivity index (χ3n) is 3.92. The standard InChI is InChI=1S/C14H19Cl2NO/c15-12-6-5-9(7-13(12)16)11(8-17)10-3-1-2-4-14(10)18/h5-7,10-11,14,18H,1-4,8,17H2/t10-,11+,14+/m1/s1. The summed E-state index contributed by atoms with van der Waals surface area (Å²) >= 11 is 12.0. The molecule has 0 aliphatic heterocycles. The molecule has 1 aromatic carbocycles. The van der Waals surface area contributed by atoms with Gasteiger partial charge in [0, 0.05) is 5.92 Å². The van der Waals surface area contributed by atoms with E-state index in [1.165, 1.54) is 6.42 Å². The number of halogens is 2. The highest BCUT2D eigenvalue weighted by Crippen LogP contribution is 2.37. The van der Waals surface area contributed by atoms with Crippen molar-refractivity contribution in [1.29, 1.82) is 0 Å². The molecule has 0 unspecified atom stereocenters. The summed E-state index contributed by atoms with van der Waals surface area (Å²) in [4.78, 5) is 0. The molecule has 1 saturated carbocycles. The maximum Gasteiger partial charge on any atom is 0.0595 e. The average Bonchev–Trinajstić information content (AvgIpc) is 2.37. The van der Waals surface area contributed by atoms with Gasteiger partial charge in [-0.15, -0.1) is 0 Å². The van der Waals surface area contributed by atoms with Crippen molar-refractivity contribution in [3.63, 3.8) is 0 Å². The van der Waals surface area contributed by atoms with Gasteiger partial charge >= 0.3 is 0 Å².